The Kier molecular flexibility index (Phi) is 9.12. The van der Waals surface area contributed by atoms with Crippen molar-refractivity contribution in [2.24, 2.45) is 5.92 Å². The van der Waals surface area contributed by atoms with E-state index in [1.807, 2.05) is 19.9 Å². The largest absolute Gasteiger partial charge is 0.389 e. The molecule has 0 amide bonds. The summed E-state index contributed by atoms with van der Waals surface area (Å²) in [6, 6.07) is 9.30. The number of aliphatic hydroxyl groups is 1. The molecule has 1 saturated carbocycles. The number of rotatable bonds is 11. The van der Waals surface area contributed by atoms with Crippen LogP contribution in [0.5, 0.6) is 0 Å². The highest BCUT2D eigenvalue weighted by Gasteiger charge is 2.27. The number of benzene rings is 1. The molecule has 11 heteroatoms. The molecule has 2 aromatic heterocycles. The Bertz CT molecular complexity index is 1250. The van der Waals surface area contributed by atoms with Crippen LogP contribution in [0.25, 0.3) is 16.9 Å². The first-order chi connectivity index (χ1) is 19.4. The average molecular weight is 558 g/mol. The Morgan fingerprint density at radius 3 is 2.42 bits per heavy atom. The summed E-state index contributed by atoms with van der Waals surface area (Å²) < 4.78 is 35.2. The highest BCUT2D eigenvalue weighted by atomic mass is 19.3. The maximum Gasteiger partial charge on any atom is 0.296 e. The fourth-order valence-electron chi connectivity index (χ4n) is 5.64. The fourth-order valence-corrected chi connectivity index (χ4v) is 5.64. The van der Waals surface area contributed by atoms with Gasteiger partial charge in [-0.25, -0.2) is 13.8 Å². The quantitative estimate of drug-likeness (QED) is 0.312. The molecule has 2 fully saturated rings. The summed E-state index contributed by atoms with van der Waals surface area (Å²) >= 11 is 0. The molecule has 9 nitrogen and oxygen atoms in total. The molecule has 0 radical (unpaired) electrons. The van der Waals surface area contributed by atoms with Gasteiger partial charge >= 0.3 is 0 Å². The van der Waals surface area contributed by atoms with E-state index in [2.05, 4.69) is 20.5 Å². The summed E-state index contributed by atoms with van der Waals surface area (Å²) in [4.78, 5) is 15.8. The number of hydrogen-bond acceptors (Lipinski definition) is 8. The SMILES string of the molecule is CCC(O)(CC)CNC1CCC(CNc2nc(N3CCOCC3)cc(-n3c(C(F)F)nc4ccccc43)n2)CC1. The predicted molar refractivity (Wildman–Crippen MR) is 152 cm³/mol. The standard InChI is InChI=1S/C29H41F2N7O2/c1-3-29(39,4-2)19-33-21-11-9-20(10-12-21)18-32-28-35-24(37-13-15-40-16-14-37)17-25(36-28)38-23-8-6-5-7-22(23)34-27(38)26(30)31/h5-8,17,20-21,26,33,39H,3-4,9-16,18-19H2,1-2H3,(H,32,35,36). The van der Waals surface area contributed by atoms with E-state index < -0.39 is 12.0 Å². The number of imidazole rings is 1. The second kappa shape index (κ2) is 12.7. The van der Waals surface area contributed by atoms with Crippen LogP contribution in [-0.4, -0.2) is 75.7 Å². The van der Waals surface area contributed by atoms with Gasteiger partial charge in [0.2, 0.25) is 5.95 Å². The molecule has 1 aliphatic carbocycles. The van der Waals surface area contributed by atoms with Crippen molar-refractivity contribution in [1.29, 1.82) is 0 Å². The molecule has 218 valence electrons. The molecule has 0 bridgehead atoms. The molecule has 3 heterocycles. The van der Waals surface area contributed by atoms with E-state index >= 15 is 0 Å². The van der Waals surface area contributed by atoms with Gasteiger partial charge in [0.1, 0.15) is 11.6 Å². The summed E-state index contributed by atoms with van der Waals surface area (Å²) in [5.74, 6) is 1.60. The Labute approximate surface area is 234 Å². The average Bonchev–Trinajstić information content (AvgIpc) is 3.40. The monoisotopic (exact) mass is 557 g/mol. The van der Waals surface area contributed by atoms with E-state index in [-0.39, 0.29) is 5.82 Å². The number of hydrogen-bond donors (Lipinski definition) is 3. The van der Waals surface area contributed by atoms with Crippen LogP contribution in [0.3, 0.4) is 0 Å². The van der Waals surface area contributed by atoms with Crippen molar-refractivity contribution in [3.63, 3.8) is 0 Å². The van der Waals surface area contributed by atoms with Crippen molar-refractivity contribution in [3.8, 4) is 5.82 Å². The number of alkyl halides is 2. The van der Waals surface area contributed by atoms with Gasteiger partial charge in [-0.15, -0.1) is 0 Å². The third-order valence-electron chi connectivity index (χ3n) is 8.48. The zero-order chi connectivity index (χ0) is 28.1. The number of morpholine rings is 1. The van der Waals surface area contributed by atoms with Crippen molar-refractivity contribution in [2.45, 2.75) is 70.4 Å². The molecule has 2 aliphatic rings. The van der Waals surface area contributed by atoms with Crippen molar-refractivity contribution in [2.75, 3.05) is 49.6 Å². The van der Waals surface area contributed by atoms with Gasteiger partial charge in [0.05, 0.1) is 29.8 Å². The third-order valence-corrected chi connectivity index (χ3v) is 8.48. The predicted octanol–water partition coefficient (Wildman–Crippen LogP) is 4.70. The normalized spacial score (nSPS) is 20.4. The van der Waals surface area contributed by atoms with Crippen LogP contribution in [0, 0.1) is 5.92 Å². The molecule has 1 aliphatic heterocycles. The summed E-state index contributed by atoms with van der Waals surface area (Å²) in [7, 11) is 0. The second-order valence-corrected chi connectivity index (χ2v) is 11.0. The summed E-state index contributed by atoms with van der Waals surface area (Å²) in [5, 5.41) is 17.6. The second-order valence-electron chi connectivity index (χ2n) is 11.0. The van der Waals surface area contributed by atoms with Crippen molar-refractivity contribution in [1.82, 2.24) is 24.8 Å². The van der Waals surface area contributed by atoms with Crippen LogP contribution >= 0.6 is 0 Å². The van der Waals surface area contributed by atoms with E-state index in [9.17, 15) is 13.9 Å². The third kappa shape index (κ3) is 6.53. The minimum Gasteiger partial charge on any atom is -0.389 e. The maximum atomic E-state index is 14.1. The molecule has 0 unspecified atom stereocenters. The lowest BCUT2D eigenvalue weighted by Crippen LogP contribution is -2.45. The van der Waals surface area contributed by atoms with Gasteiger partial charge in [0, 0.05) is 38.3 Å². The molecule has 40 heavy (non-hydrogen) atoms. The van der Waals surface area contributed by atoms with Gasteiger partial charge < -0.3 is 25.4 Å². The van der Waals surface area contributed by atoms with E-state index in [1.165, 1.54) is 4.57 Å². The van der Waals surface area contributed by atoms with Crippen LogP contribution in [0.15, 0.2) is 30.3 Å². The first kappa shape index (κ1) is 28.6. The molecule has 0 spiro atoms. The number of para-hydroxylation sites is 2. The Morgan fingerprint density at radius 1 is 1.02 bits per heavy atom. The highest BCUT2D eigenvalue weighted by molar-refractivity contribution is 5.78. The minimum absolute atomic E-state index is 0.331. The number of aromatic nitrogens is 4. The summed E-state index contributed by atoms with van der Waals surface area (Å²) in [6.07, 6.45) is 2.95. The van der Waals surface area contributed by atoms with Crippen molar-refractivity contribution in [3.05, 3.63) is 36.2 Å². The van der Waals surface area contributed by atoms with Crippen LogP contribution in [0.2, 0.25) is 0 Å². The number of fused-ring (bicyclic) bond motifs is 1. The molecule has 1 saturated heterocycles. The number of anilines is 2. The minimum atomic E-state index is -2.75. The number of halogens is 2. The lowest BCUT2D eigenvalue weighted by Gasteiger charge is -2.33. The van der Waals surface area contributed by atoms with Crippen molar-refractivity contribution < 1.29 is 18.6 Å². The molecule has 0 atom stereocenters. The van der Waals surface area contributed by atoms with E-state index in [1.54, 1.807) is 24.3 Å². The lowest BCUT2D eigenvalue weighted by molar-refractivity contribution is 0.0281. The maximum absolute atomic E-state index is 14.1. The zero-order valence-electron chi connectivity index (χ0n) is 23.5. The number of nitrogens with one attached hydrogen (secondary N) is 2. The van der Waals surface area contributed by atoms with E-state index in [0.29, 0.717) is 80.0 Å². The Hall–Kier alpha value is -2.89. The molecule has 5 rings (SSSR count). The topological polar surface area (TPSA) is 100 Å². The van der Waals surface area contributed by atoms with Crippen LogP contribution in [0.4, 0.5) is 20.5 Å². The van der Waals surface area contributed by atoms with Gasteiger partial charge in [-0.05, 0) is 56.6 Å². The van der Waals surface area contributed by atoms with Gasteiger partial charge in [0.15, 0.2) is 5.82 Å². The van der Waals surface area contributed by atoms with Crippen LogP contribution < -0.4 is 15.5 Å². The zero-order valence-corrected chi connectivity index (χ0v) is 23.5. The molecule has 3 N–H and O–H groups in total. The van der Waals surface area contributed by atoms with E-state index in [4.69, 9.17) is 14.7 Å². The lowest BCUT2D eigenvalue weighted by atomic mass is 9.85. The summed E-state index contributed by atoms with van der Waals surface area (Å²) in [5.41, 5.74) is 0.448. The van der Waals surface area contributed by atoms with Crippen LogP contribution in [0.1, 0.15) is 64.6 Å². The Balaban J connectivity index is 1.32. The molecule has 1 aromatic carbocycles. The first-order valence-corrected chi connectivity index (χ1v) is 14.6. The summed E-state index contributed by atoms with van der Waals surface area (Å²) in [6.45, 7) is 7.90. The van der Waals surface area contributed by atoms with Gasteiger partial charge in [0.25, 0.3) is 6.43 Å². The highest BCUT2D eigenvalue weighted by Crippen LogP contribution is 2.30. The molecular formula is C29H41F2N7O2. The molecular weight excluding hydrogens is 516 g/mol. The van der Waals surface area contributed by atoms with Gasteiger partial charge in [-0.2, -0.15) is 9.97 Å². The van der Waals surface area contributed by atoms with E-state index in [0.717, 1.165) is 38.5 Å². The number of nitrogens with zero attached hydrogens (tertiary/aromatic N) is 5. The van der Waals surface area contributed by atoms with Gasteiger partial charge in [-0.1, -0.05) is 26.0 Å². The Morgan fingerprint density at radius 2 is 1.73 bits per heavy atom. The fraction of sp³-hybridized carbons (Fsp3) is 0.621. The number of ether oxygens (including phenoxy) is 1. The van der Waals surface area contributed by atoms with Crippen LogP contribution in [-0.2, 0) is 4.74 Å². The first-order valence-electron chi connectivity index (χ1n) is 14.6. The van der Waals surface area contributed by atoms with Gasteiger partial charge in [-0.3, -0.25) is 4.57 Å². The smallest absolute Gasteiger partial charge is 0.296 e. The molecule has 3 aromatic rings. The van der Waals surface area contributed by atoms with Crippen molar-refractivity contribution >= 4 is 22.8 Å².